The third-order valence-electron chi connectivity index (χ3n) is 4.34. The van der Waals surface area contributed by atoms with Crippen molar-refractivity contribution in [2.24, 2.45) is 0 Å². The quantitative estimate of drug-likeness (QED) is 0.255. The lowest BCUT2D eigenvalue weighted by atomic mass is 9.89. The first-order valence-corrected chi connectivity index (χ1v) is 8.87. The zero-order chi connectivity index (χ0) is 19.1. The molecule has 3 rings (SSSR count). The summed E-state index contributed by atoms with van der Waals surface area (Å²) in [7, 11) is 1.39. The molecule has 134 valence electrons. The number of carbonyl (C=O) groups excluding carboxylic acids is 1. The van der Waals surface area contributed by atoms with Crippen LogP contribution in [0.25, 0.3) is 11.1 Å². The Morgan fingerprint density at radius 3 is 1.78 bits per heavy atom. The van der Waals surface area contributed by atoms with Crippen LogP contribution in [0.4, 0.5) is 0 Å². The fraction of sp³-hybridized carbons (Fsp3) is 0.0800. The first kappa shape index (κ1) is 18.4. The summed E-state index contributed by atoms with van der Waals surface area (Å²) in [4.78, 5) is 11.8. The van der Waals surface area contributed by atoms with Crippen molar-refractivity contribution >= 4 is 17.1 Å². The van der Waals surface area contributed by atoms with E-state index in [0.29, 0.717) is 0 Å². The van der Waals surface area contributed by atoms with Gasteiger partial charge in [0.25, 0.3) is 0 Å². The maximum atomic E-state index is 11.8. The van der Waals surface area contributed by atoms with Crippen molar-refractivity contribution < 1.29 is 9.53 Å². The van der Waals surface area contributed by atoms with Gasteiger partial charge in [-0.25, -0.2) is 4.79 Å². The highest BCUT2D eigenvalue weighted by Crippen LogP contribution is 2.33. The van der Waals surface area contributed by atoms with Crippen LogP contribution in [0.5, 0.6) is 0 Å². The molecule has 0 fully saturated rings. The fourth-order valence-electron chi connectivity index (χ4n) is 2.96. The zero-order valence-electron chi connectivity index (χ0n) is 15.6. The average molecular weight is 354 g/mol. The minimum absolute atomic E-state index is 0.375. The molecule has 0 unspecified atom stereocenters. The second kappa shape index (κ2) is 8.81. The van der Waals surface area contributed by atoms with Crippen LogP contribution in [-0.2, 0) is 9.53 Å². The van der Waals surface area contributed by atoms with E-state index in [-0.39, 0.29) is 5.97 Å². The summed E-state index contributed by atoms with van der Waals surface area (Å²) < 4.78 is 4.80. The third-order valence-corrected chi connectivity index (χ3v) is 4.34. The number of esters is 1. The van der Waals surface area contributed by atoms with E-state index < -0.39 is 0 Å². The largest absolute Gasteiger partial charge is 0.466 e. The number of hydrogen-bond acceptors (Lipinski definition) is 2. The molecule has 0 spiro atoms. The van der Waals surface area contributed by atoms with Gasteiger partial charge in [-0.05, 0) is 40.8 Å². The Morgan fingerprint density at radius 2 is 1.22 bits per heavy atom. The number of ether oxygens (including phenoxy) is 1. The predicted octanol–water partition coefficient (Wildman–Crippen LogP) is 5.68. The minimum Gasteiger partial charge on any atom is -0.466 e. The Labute approximate surface area is 160 Å². The van der Waals surface area contributed by atoms with Gasteiger partial charge in [0.05, 0.1) is 7.11 Å². The van der Waals surface area contributed by atoms with Crippen molar-refractivity contribution in [3.05, 3.63) is 119 Å². The van der Waals surface area contributed by atoms with E-state index in [1.165, 1.54) is 18.7 Å². The molecule has 0 saturated heterocycles. The molecular formula is C25H22O2. The van der Waals surface area contributed by atoms with Crippen LogP contribution in [0.15, 0.2) is 97.1 Å². The highest BCUT2D eigenvalue weighted by atomic mass is 16.5. The SMILES string of the molecule is COC(=O)/C=C/C(=C(/c1ccccc1)c1ccc(C)cc1)c1ccccc1. The lowest BCUT2D eigenvalue weighted by molar-refractivity contribution is -0.134. The van der Waals surface area contributed by atoms with Crippen LogP contribution in [0, 0.1) is 6.92 Å². The summed E-state index contributed by atoms with van der Waals surface area (Å²) in [6, 6.07) is 28.7. The second-order valence-electron chi connectivity index (χ2n) is 6.24. The molecule has 0 aliphatic heterocycles. The molecule has 3 aromatic carbocycles. The lowest BCUT2D eigenvalue weighted by Crippen LogP contribution is -1.97. The number of hydrogen-bond donors (Lipinski definition) is 0. The first-order chi connectivity index (χ1) is 13.2. The van der Waals surface area contributed by atoms with Gasteiger partial charge < -0.3 is 4.74 Å². The molecule has 0 aliphatic rings. The second-order valence-corrected chi connectivity index (χ2v) is 6.24. The molecule has 0 amide bonds. The number of methoxy groups -OCH3 is 1. The van der Waals surface area contributed by atoms with Crippen molar-refractivity contribution in [2.45, 2.75) is 6.92 Å². The summed E-state index contributed by atoms with van der Waals surface area (Å²) in [5.41, 5.74) is 6.47. The summed E-state index contributed by atoms with van der Waals surface area (Å²) in [6.45, 7) is 2.07. The summed E-state index contributed by atoms with van der Waals surface area (Å²) >= 11 is 0. The Bertz CT molecular complexity index is 950. The van der Waals surface area contributed by atoms with Gasteiger partial charge >= 0.3 is 5.97 Å². The smallest absolute Gasteiger partial charge is 0.330 e. The topological polar surface area (TPSA) is 26.3 Å². The van der Waals surface area contributed by atoms with Gasteiger partial charge in [-0.2, -0.15) is 0 Å². The summed E-state index contributed by atoms with van der Waals surface area (Å²) in [5, 5.41) is 0. The van der Waals surface area contributed by atoms with E-state index >= 15 is 0 Å². The van der Waals surface area contributed by atoms with Gasteiger partial charge in [0.2, 0.25) is 0 Å². The molecule has 0 saturated carbocycles. The van der Waals surface area contributed by atoms with Crippen LogP contribution < -0.4 is 0 Å². The Kier molecular flexibility index (Phi) is 6.01. The molecule has 0 aromatic heterocycles. The van der Waals surface area contributed by atoms with Gasteiger partial charge in [0, 0.05) is 6.08 Å². The molecule has 3 aromatic rings. The van der Waals surface area contributed by atoms with Crippen molar-refractivity contribution in [1.29, 1.82) is 0 Å². The molecule has 0 heterocycles. The van der Waals surface area contributed by atoms with E-state index in [4.69, 9.17) is 4.74 Å². The monoisotopic (exact) mass is 354 g/mol. The van der Waals surface area contributed by atoms with E-state index in [2.05, 4.69) is 43.3 Å². The maximum absolute atomic E-state index is 11.8. The zero-order valence-corrected chi connectivity index (χ0v) is 15.6. The standard InChI is InChI=1S/C25H22O2/c1-19-13-15-22(16-14-19)25(21-11-7-4-8-12-21)23(17-18-24(26)27-2)20-9-5-3-6-10-20/h3-18H,1-2H3/b18-17+,25-23+. The number of carbonyl (C=O) groups is 1. The molecule has 0 atom stereocenters. The van der Waals surface area contributed by atoms with Crippen LogP contribution >= 0.6 is 0 Å². The minimum atomic E-state index is -0.375. The van der Waals surface area contributed by atoms with Crippen molar-refractivity contribution in [2.75, 3.05) is 7.11 Å². The van der Waals surface area contributed by atoms with Gasteiger partial charge in [0.1, 0.15) is 0 Å². The van der Waals surface area contributed by atoms with Crippen molar-refractivity contribution in [3.63, 3.8) is 0 Å². The lowest BCUT2D eigenvalue weighted by Gasteiger charge is -2.15. The molecule has 2 nitrogen and oxygen atoms in total. The third kappa shape index (κ3) is 4.62. The van der Waals surface area contributed by atoms with Crippen molar-refractivity contribution in [3.8, 4) is 0 Å². The Balaban J connectivity index is 2.30. The first-order valence-electron chi connectivity index (χ1n) is 8.87. The van der Waals surface area contributed by atoms with E-state index in [9.17, 15) is 4.79 Å². The van der Waals surface area contributed by atoms with E-state index in [0.717, 1.165) is 27.8 Å². The number of allylic oxidation sites excluding steroid dienone is 2. The van der Waals surface area contributed by atoms with E-state index in [1.54, 1.807) is 0 Å². The molecule has 0 aliphatic carbocycles. The van der Waals surface area contributed by atoms with Crippen molar-refractivity contribution in [1.82, 2.24) is 0 Å². The average Bonchev–Trinajstić information content (AvgIpc) is 2.73. The predicted molar refractivity (Wildman–Crippen MR) is 111 cm³/mol. The molecule has 0 radical (unpaired) electrons. The van der Waals surface area contributed by atoms with Gasteiger partial charge in [-0.3, -0.25) is 0 Å². The normalized spacial score (nSPS) is 11.9. The van der Waals surface area contributed by atoms with Crippen LogP contribution in [0.2, 0.25) is 0 Å². The highest BCUT2D eigenvalue weighted by Gasteiger charge is 2.12. The highest BCUT2D eigenvalue weighted by molar-refractivity contribution is 6.03. The van der Waals surface area contributed by atoms with Crippen LogP contribution in [0.3, 0.4) is 0 Å². The van der Waals surface area contributed by atoms with Crippen LogP contribution in [-0.4, -0.2) is 13.1 Å². The maximum Gasteiger partial charge on any atom is 0.330 e. The molecule has 2 heteroatoms. The Hall–Kier alpha value is -3.39. The van der Waals surface area contributed by atoms with Crippen LogP contribution in [0.1, 0.15) is 22.3 Å². The molecular weight excluding hydrogens is 332 g/mol. The summed E-state index contributed by atoms with van der Waals surface area (Å²) in [6.07, 6.45) is 3.31. The number of benzene rings is 3. The number of aryl methyl sites for hydroxylation is 1. The van der Waals surface area contributed by atoms with Gasteiger partial charge in [0.15, 0.2) is 0 Å². The van der Waals surface area contributed by atoms with Gasteiger partial charge in [-0.1, -0.05) is 90.5 Å². The molecule has 27 heavy (non-hydrogen) atoms. The molecule has 0 N–H and O–H groups in total. The molecule has 0 bridgehead atoms. The number of rotatable bonds is 5. The fourth-order valence-corrected chi connectivity index (χ4v) is 2.96. The summed E-state index contributed by atoms with van der Waals surface area (Å²) in [5.74, 6) is -0.375. The van der Waals surface area contributed by atoms with Gasteiger partial charge in [-0.15, -0.1) is 0 Å². The Morgan fingerprint density at radius 1 is 0.704 bits per heavy atom. The van der Waals surface area contributed by atoms with E-state index in [1.807, 2.05) is 54.6 Å².